The Balaban J connectivity index is 2.10. The molecular weight excluding hydrogens is 300 g/mol. The lowest BCUT2D eigenvalue weighted by atomic mass is 10.1. The van der Waals surface area contributed by atoms with E-state index in [0.717, 1.165) is 19.4 Å². The number of hydrogen-bond donors (Lipinski definition) is 2. The number of nitrogens with one attached hydrogen (secondary N) is 2. The summed E-state index contributed by atoms with van der Waals surface area (Å²) in [6, 6.07) is 6.72. The van der Waals surface area contributed by atoms with Gasteiger partial charge < -0.3 is 10.6 Å². The second kappa shape index (κ2) is 10.2. The molecule has 5 heteroatoms. The van der Waals surface area contributed by atoms with Crippen LogP contribution in [0.15, 0.2) is 24.3 Å². The molecule has 22 heavy (non-hydrogen) atoms. The van der Waals surface area contributed by atoms with Crippen molar-refractivity contribution < 1.29 is 9.59 Å². The summed E-state index contributed by atoms with van der Waals surface area (Å²) in [4.78, 5) is 23.4. The van der Waals surface area contributed by atoms with Crippen LogP contribution in [0.25, 0.3) is 0 Å². The van der Waals surface area contributed by atoms with E-state index in [1.807, 2.05) is 0 Å². The van der Waals surface area contributed by atoms with Crippen LogP contribution in [0.4, 0.5) is 0 Å². The standard InChI is InChI=1S/C17H25ClN2O2/c1-13(2)5-3-11-19-16(21)6-4-12-20-17(22)14-7-9-15(18)10-8-14/h7-10,13H,3-6,11-12H2,1-2H3,(H,19,21)(H,20,22). The molecule has 122 valence electrons. The zero-order valence-corrected chi connectivity index (χ0v) is 14.1. The van der Waals surface area contributed by atoms with Gasteiger partial charge in [-0.15, -0.1) is 0 Å². The van der Waals surface area contributed by atoms with Crippen molar-refractivity contribution in [3.63, 3.8) is 0 Å². The van der Waals surface area contributed by atoms with Crippen LogP contribution in [0, 0.1) is 5.92 Å². The molecule has 1 aromatic rings. The fourth-order valence-corrected chi connectivity index (χ4v) is 2.11. The van der Waals surface area contributed by atoms with Gasteiger partial charge in [-0.05, 0) is 49.4 Å². The SMILES string of the molecule is CC(C)CCCNC(=O)CCCNC(=O)c1ccc(Cl)cc1. The highest BCUT2D eigenvalue weighted by Crippen LogP contribution is 2.09. The van der Waals surface area contributed by atoms with E-state index >= 15 is 0 Å². The van der Waals surface area contributed by atoms with Gasteiger partial charge in [0.2, 0.25) is 5.91 Å². The van der Waals surface area contributed by atoms with Gasteiger partial charge in [-0.1, -0.05) is 25.4 Å². The first-order chi connectivity index (χ1) is 10.5. The molecule has 0 aliphatic carbocycles. The van der Waals surface area contributed by atoms with Gasteiger partial charge in [-0.3, -0.25) is 9.59 Å². The molecule has 4 nitrogen and oxygen atoms in total. The Labute approximate surface area is 137 Å². The van der Waals surface area contributed by atoms with Gasteiger partial charge in [0.15, 0.2) is 0 Å². The molecule has 2 N–H and O–H groups in total. The molecule has 2 amide bonds. The molecule has 0 unspecified atom stereocenters. The fraction of sp³-hybridized carbons (Fsp3) is 0.529. The summed E-state index contributed by atoms with van der Waals surface area (Å²) in [5, 5.41) is 6.29. The van der Waals surface area contributed by atoms with E-state index in [-0.39, 0.29) is 11.8 Å². The zero-order valence-electron chi connectivity index (χ0n) is 13.3. The highest BCUT2D eigenvalue weighted by Gasteiger charge is 2.05. The van der Waals surface area contributed by atoms with Gasteiger partial charge in [0.1, 0.15) is 0 Å². The van der Waals surface area contributed by atoms with E-state index in [4.69, 9.17) is 11.6 Å². The maximum atomic E-state index is 11.8. The molecule has 0 spiro atoms. The minimum absolute atomic E-state index is 0.0458. The molecule has 0 aliphatic rings. The van der Waals surface area contributed by atoms with E-state index < -0.39 is 0 Å². The Bertz CT molecular complexity index is 472. The van der Waals surface area contributed by atoms with Gasteiger partial charge in [0.05, 0.1) is 0 Å². The van der Waals surface area contributed by atoms with E-state index in [1.165, 1.54) is 0 Å². The quantitative estimate of drug-likeness (QED) is 0.684. The molecule has 0 fully saturated rings. The fourth-order valence-electron chi connectivity index (χ4n) is 1.98. The molecule has 1 rings (SSSR count). The molecular formula is C17H25ClN2O2. The lowest BCUT2D eigenvalue weighted by Crippen LogP contribution is -2.28. The predicted octanol–water partition coefficient (Wildman–Crippen LogP) is 3.40. The Morgan fingerprint density at radius 2 is 1.68 bits per heavy atom. The molecule has 0 atom stereocenters. The Morgan fingerprint density at radius 1 is 1.05 bits per heavy atom. The molecule has 0 radical (unpaired) electrons. The van der Waals surface area contributed by atoms with Gasteiger partial charge in [0.25, 0.3) is 5.91 Å². The van der Waals surface area contributed by atoms with E-state index in [9.17, 15) is 9.59 Å². The molecule has 0 saturated carbocycles. The van der Waals surface area contributed by atoms with E-state index in [0.29, 0.717) is 35.9 Å². The van der Waals surface area contributed by atoms with Crippen LogP contribution in [-0.4, -0.2) is 24.9 Å². The van der Waals surface area contributed by atoms with Crippen molar-refractivity contribution in [1.82, 2.24) is 10.6 Å². The van der Waals surface area contributed by atoms with Crippen LogP contribution in [0.5, 0.6) is 0 Å². The Hall–Kier alpha value is -1.55. The molecule has 0 saturated heterocycles. The van der Waals surface area contributed by atoms with Crippen molar-refractivity contribution in [2.75, 3.05) is 13.1 Å². The van der Waals surface area contributed by atoms with Crippen LogP contribution in [0.2, 0.25) is 5.02 Å². The third-order valence-electron chi connectivity index (χ3n) is 3.25. The summed E-state index contributed by atoms with van der Waals surface area (Å²) < 4.78 is 0. The monoisotopic (exact) mass is 324 g/mol. The van der Waals surface area contributed by atoms with Crippen LogP contribution in [0.1, 0.15) is 49.9 Å². The van der Waals surface area contributed by atoms with Crippen molar-refractivity contribution in [3.8, 4) is 0 Å². The van der Waals surface area contributed by atoms with Crippen molar-refractivity contribution in [3.05, 3.63) is 34.9 Å². The highest BCUT2D eigenvalue weighted by molar-refractivity contribution is 6.30. The summed E-state index contributed by atoms with van der Waals surface area (Å²) in [5.41, 5.74) is 0.572. The Kier molecular flexibility index (Phi) is 8.60. The minimum atomic E-state index is -0.144. The number of hydrogen-bond acceptors (Lipinski definition) is 2. The second-order valence-corrected chi connectivity index (χ2v) is 6.19. The summed E-state index contributed by atoms with van der Waals surface area (Å²) >= 11 is 5.77. The van der Waals surface area contributed by atoms with Gasteiger partial charge in [0, 0.05) is 30.1 Å². The van der Waals surface area contributed by atoms with Crippen molar-refractivity contribution >= 4 is 23.4 Å². The van der Waals surface area contributed by atoms with E-state index in [2.05, 4.69) is 24.5 Å². The highest BCUT2D eigenvalue weighted by atomic mass is 35.5. The van der Waals surface area contributed by atoms with Crippen molar-refractivity contribution in [2.45, 2.75) is 39.5 Å². The average molecular weight is 325 g/mol. The normalized spacial score (nSPS) is 10.5. The zero-order chi connectivity index (χ0) is 16.4. The summed E-state index contributed by atoms with van der Waals surface area (Å²) in [6.45, 7) is 5.56. The Morgan fingerprint density at radius 3 is 2.32 bits per heavy atom. The number of halogens is 1. The molecule has 0 aromatic heterocycles. The smallest absolute Gasteiger partial charge is 0.251 e. The van der Waals surface area contributed by atoms with Crippen LogP contribution in [-0.2, 0) is 4.79 Å². The number of amides is 2. The first kappa shape index (κ1) is 18.5. The van der Waals surface area contributed by atoms with Crippen molar-refractivity contribution in [2.24, 2.45) is 5.92 Å². The molecule has 0 bridgehead atoms. The molecule has 0 heterocycles. The number of rotatable bonds is 9. The molecule has 1 aromatic carbocycles. The maximum absolute atomic E-state index is 11.8. The lowest BCUT2D eigenvalue weighted by Gasteiger charge is -2.07. The average Bonchev–Trinajstić information content (AvgIpc) is 2.48. The summed E-state index contributed by atoms with van der Waals surface area (Å²) in [7, 11) is 0. The third kappa shape index (κ3) is 8.03. The van der Waals surface area contributed by atoms with Gasteiger partial charge >= 0.3 is 0 Å². The van der Waals surface area contributed by atoms with Gasteiger partial charge in [-0.2, -0.15) is 0 Å². The number of carbonyl (C=O) groups excluding carboxylic acids is 2. The van der Waals surface area contributed by atoms with E-state index in [1.54, 1.807) is 24.3 Å². The first-order valence-corrected chi connectivity index (χ1v) is 8.17. The predicted molar refractivity (Wildman–Crippen MR) is 90.1 cm³/mol. The first-order valence-electron chi connectivity index (χ1n) is 7.79. The maximum Gasteiger partial charge on any atom is 0.251 e. The van der Waals surface area contributed by atoms with Crippen LogP contribution in [0.3, 0.4) is 0 Å². The lowest BCUT2D eigenvalue weighted by molar-refractivity contribution is -0.121. The van der Waals surface area contributed by atoms with Crippen molar-refractivity contribution in [1.29, 1.82) is 0 Å². The summed E-state index contributed by atoms with van der Waals surface area (Å²) in [6.07, 6.45) is 3.20. The molecule has 0 aliphatic heterocycles. The van der Waals surface area contributed by atoms with Crippen LogP contribution < -0.4 is 10.6 Å². The minimum Gasteiger partial charge on any atom is -0.356 e. The topological polar surface area (TPSA) is 58.2 Å². The third-order valence-corrected chi connectivity index (χ3v) is 3.50. The number of carbonyl (C=O) groups is 2. The number of benzene rings is 1. The largest absolute Gasteiger partial charge is 0.356 e. The van der Waals surface area contributed by atoms with Gasteiger partial charge in [-0.25, -0.2) is 0 Å². The second-order valence-electron chi connectivity index (χ2n) is 5.75. The van der Waals surface area contributed by atoms with Crippen LogP contribution >= 0.6 is 11.6 Å². The summed E-state index contributed by atoms with van der Waals surface area (Å²) in [5.74, 6) is 0.568.